The second kappa shape index (κ2) is 9.63. The second-order valence-corrected chi connectivity index (χ2v) is 9.70. The molecule has 0 amide bonds. The van der Waals surface area contributed by atoms with Crippen LogP contribution in [0, 0.1) is 0 Å². The Hall–Kier alpha value is -3.12. The maximum atomic E-state index is 12.2. The van der Waals surface area contributed by atoms with E-state index in [9.17, 15) is 4.55 Å². The van der Waals surface area contributed by atoms with Gasteiger partial charge in [-0.1, -0.05) is 19.1 Å². The maximum Gasteiger partial charge on any atom is 0.306 e. The van der Waals surface area contributed by atoms with Gasteiger partial charge in [0.1, 0.15) is 23.6 Å². The van der Waals surface area contributed by atoms with Crippen LogP contribution in [-0.4, -0.2) is 72.9 Å². The highest BCUT2D eigenvalue weighted by molar-refractivity contribution is 7.86. The quantitative estimate of drug-likeness (QED) is 0.380. The van der Waals surface area contributed by atoms with E-state index in [4.69, 9.17) is 19.1 Å². The Labute approximate surface area is 201 Å². The molecule has 0 spiro atoms. The van der Waals surface area contributed by atoms with E-state index >= 15 is 0 Å². The molecule has 0 bridgehead atoms. The topological polar surface area (TPSA) is 107 Å². The smallest absolute Gasteiger partial charge is 0.306 e. The van der Waals surface area contributed by atoms with E-state index in [-0.39, 0.29) is 5.92 Å². The van der Waals surface area contributed by atoms with Crippen LogP contribution in [0.15, 0.2) is 53.4 Å². The van der Waals surface area contributed by atoms with Crippen LogP contribution in [0.3, 0.4) is 0 Å². The van der Waals surface area contributed by atoms with Crippen LogP contribution in [0.5, 0.6) is 5.75 Å². The number of rotatable bonds is 8. The zero-order chi connectivity index (χ0) is 23.7. The minimum atomic E-state index is -1.07. The van der Waals surface area contributed by atoms with Crippen molar-refractivity contribution in [3.8, 4) is 17.0 Å². The van der Waals surface area contributed by atoms with Crippen molar-refractivity contribution >= 4 is 23.3 Å². The van der Waals surface area contributed by atoms with Gasteiger partial charge in [-0.3, -0.25) is 4.40 Å². The van der Waals surface area contributed by atoms with Crippen molar-refractivity contribution in [2.45, 2.75) is 12.8 Å². The number of ether oxygens (including phenoxy) is 1. The summed E-state index contributed by atoms with van der Waals surface area (Å²) in [6.07, 6.45) is 5.24. The molecule has 1 aliphatic heterocycles. The van der Waals surface area contributed by atoms with Crippen LogP contribution in [0.1, 0.15) is 24.2 Å². The molecule has 1 saturated heterocycles. The minimum Gasteiger partial charge on any atom is -0.578 e. The van der Waals surface area contributed by atoms with Crippen molar-refractivity contribution in [3.05, 3.63) is 60.4 Å². The normalized spacial score (nSPS) is 17.9. The van der Waals surface area contributed by atoms with Crippen molar-refractivity contribution in [2.75, 3.05) is 45.7 Å². The number of likely N-dealkylation sites (N-methyl/N-ethyl adjacent to an activating group) is 1. The fourth-order valence-electron chi connectivity index (χ4n) is 4.13. The third-order valence-electron chi connectivity index (χ3n) is 5.97. The van der Waals surface area contributed by atoms with E-state index in [1.807, 2.05) is 56.6 Å². The maximum absolute atomic E-state index is 12.2. The molecular formula is C23H27N7O3S. The lowest BCUT2D eigenvalue weighted by Crippen LogP contribution is -2.34. The first-order chi connectivity index (χ1) is 16.5. The molecule has 11 heteroatoms. The van der Waals surface area contributed by atoms with Gasteiger partial charge in [-0.05, 0) is 18.2 Å². The second-order valence-electron chi connectivity index (χ2n) is 8.10. The largest absolute Gasteiger partial charge is 0.578 e. The lowest BCUT2D eigenvalue weighted by atomic mass is 9.98. The Morgan fingerprint density at radius 2 is 2.15 bits per heavy atom. The summed E-state index contributed by atoms with van der Waals surface area (Å²) in [5.74, 6) is 1.74. The molecule has 5 rings (SSSR count). The molecule has 4 heterocycles. The summed E-state index contributed by atoms with van der Waals surface area (Å²) in [4.78, 5) is 13.9. The van der Waals surface area contributed by atoms with Crippen LogP contribution >= 0.6 is 0 Å². The Morgan fingerprint density at radius 3 is 2.94 bits per heavy atom. The molecular weight excluding hydrogens is 454 g/mol. The molecule has 10 nitrogen and oxygen atoms in total. The minimum absolute atomic E-state index is 0.0860. The van der Waals surface area contributed by atoms with E-state index in [1.54, 1.807) is 19.6 Å². The van der Waals surface area contributed by atoms with Gasteiger partial charge in [-0.2, -0.15) is 4.98 Å². The zero-order valence-corrected chi connectivity index (χ0v) is 20.2. The predicted molar refractivity (Wildman–Crippen MR) is 130 cm³/mol. The summed E-state index contributed by atoms with van der Waals surface area (Å²) >= 11 is -1.07. The van der Waals surface area contributed by atoms with Crippen LogP contribution < -0.4 is 10.1 Å². The number of aromatic nitrogens is 4. The van der Waals surface area contributed by atoms with Crippen molar-refractivity contribution in [1.29, 1.82) is 0 Å². The Balaban J connectivity index is 1.39. The fourth-order valence-corrected chi connectivity index (χ4v) is 5.24. The van der Waals surface area contributed by atoms with Crippen LogP contribution in [0.4, 0.5) is 5.95 Å². The van der Waals surface area contributed by atoms with E-state index in [1.165, 1.54) is 0 Å². The SMILES string of the molecule is COc1cccc(-c2nc3occn3c2C(C)c2ccnc(NCCN3CCN(C)[S+]3[O-])n2)c1. The van der Waals surface area contributed by atoms with E-state index < -0.39 is 11.5 Å². The Kier molecular flexibility index (Phi) is 6.42. The van der Waals surface area contributed by atoms with Gasteiger partial charge in [-0.25, -0.2) is 9.97 Å². The number of hydrogen-bond donors (Lipinski definition) is 1. The van der Waals surface area contributed by atoms with E-state index in [0.717, 1.165) is 41.5 Å². The number of nitrogens with zero attached hydrogens (tertiary/aromatic N) is 6. The lowest BCUT2D eigenvalue weighted by Gasteiger charge is -2.18. The summed E-state index contributed by atoms with van der Waals surface area (Å²) in [7, 11) is 3.52. The van der Waals surface area contributed by atoms with E-state index in [2.05, 4.69) is 17.2 Å². The van der Waals surface area contributed by atoms with Crippen LogP contribution in [0.2, 0.25) is 0 Å². The van der Waals surface area contributed by atoms with Crippen molar-refractivity contribution in [2.24, 2.45) is 0 Å². The molecule has 0 aliphatic carbocycles. The number of fused-ring (bicyclic) bond motifs is 1. The van der Waals surface area contributed by atoms with Gasteiger partial charge in [0.25, 0.3) is 0 Å². The average molecular weight is 482 g/mol. The first-order valence-corrected chi connectivity index (χ1v) is 12.2. The molecule has 1 N–H and O–H groups in total. The number of imidazole rings is 1. The van der Waals surface area contributed by atoms with Crippen LogP contribution in [0.25, 0.3) is 17.1 Å². The highest BCUT2D eigenvalue weighted by Crippen LogP contribution is 2.34. The molecule has 1 fully saturated rings. The van der Waals surface area contributed by atoms with Crippen molar-refractivity contribution in [3.63, 3.8) is 0 Å². The van der Waals surface area contributed by atoms with Gasteiger partial charge in [0.2, 0.25) is 5.95 Å². The molecule has 2 unspecified atom stereocenters. The number of methoxy groups -OCH3 is 1. The standard InChI is InChI=1S/C23H27N7O3S/c1-16(19-7-8-24-22(26-19)25-9-10-29-12-11-28(2)34(29)31)21-20(27-23-30(21)13-14-33-23)17-5-4-6-18(15-17)32-3/h4-8,13-16H,9-12H2,1-3H3,(H,24,25,26). The molecule has 1 aliphatic rings. The molecule has 1 aromatic carbocycles. The molecule has 34 heavy (non-hydrogen) atoms. The number of benzene rings is 1. The number of nitrogens with one attached hydrogen (secondary N) is 1. The Bertz CT molecular complexity index is 1280. The molecule has 178 valence electrons. The predicted octanol–water partition coefficient (Wildman–Crippen LogP) is 2.78. The third kappa shape index (κ3) is 4.34. The molecule has 3 aromatic heterocycles. The Morgan fingerprint density at radius 1 is 1.26 bits per heavy atom. The fraction of sp³-hybridized carbons (Fsp3) is 0.348. The number of hydrogen-bond acceptors (Lipinski definition) is 9. The van der Waals surface area contributed by atoms with Gasteiger partial charge in [0.05, 0.1) is 43.8 Å². The first-order valence-electron chi connectivity index (χ1n) is 11.1. The summed E-state index contributed by atoms with van der Waals surface area (Å²) in [6, 6.07) is 9.74. The summed E-state index contributed by atoms with van der Waals surface area (Å²) in [6.45, 7) is 4.94. The van der Waals surface area contributed by atoms with Crippen LogP contribution in [-0.2, 0) is 11.5 Å². The first kappa shape index (κ1) is 22.7. The zero-order valence-electron chi connectivity index (χ0n) is 19.3. The van der Waals surface area contributed by atoms with E-state index in [0.29, 0.717) is 24.9 Å². The number of oxazole rings is 1. The summed E-state index contributed by atoms with van der Waals surface area (Å²) in [5.41, 5.74) is 3.59. The lowest BCUT2D eigenvalue weighted by molar-refractivity contribution is 0.415. The third-order valence-corrected chi connectivity index (χ3v) is 7.49. The summed E-state index contributed by atoms with van der Waals surface area (Å²) in [5, 5.41) is 3.27. The highest BCUT2D eigenvalue weighted by atomic mass is 32.2. The van der Waals surface area contributed by atoms with Gasteiger partial charge in [0.15, 0.2) is 0 Å². The molecule has 2 atom stereocenters. The average Bonchev–Trinajstić information content (AvgIpc) is 3.55. The summed E-state index contributed by atoms with van der Waals surface area (Å²) < 4.78 is 28.9. The van der Waals surface area contributed by atoms with Crippen molar-refractivity contribution < 1.29 is 13.7 Å². The molecule has 0 radical (unpaired) electrons. The van der Waals surface area contributed by atoms with Gasteiger partial charge >= 0.3 is 5.84 Å². The van der Waals surface area contributed by atoms with Crippen molar-refractivity contribution in [1.82, 2.24) is 28.0 Å². The monoisotopic (exact) mass is 481 g/mol. The number of anilines is 1. The van der Waals surface area contributed by atoms with Gasteiger partial charge in [0, 0.05) is 37.5 Å². The molecule has 4 aromatic rings. The highest BCUT2D eigenvalue weighted by Gasteiger charge is 2.32. The van der Waals surface area contributed by atoms with Gasteiger partial charge in [-0.15, -0.1) is 8.61 Å². The van der Waals surface area contributed by atoms with Gasteiger partial charge < -0.3 is 19.0 Å². The molecule has 0 saturated carbocycles.